The average Bonchev–Trinajstić information content (AvgIpc) is 2.66. The van der Waals surface area contributed by atoms with Gasteiger partial charge in [0.1, 0.15) is 0 Å². The maximum absolute atomic E-state index is 9.12. The number of aliphatic hydroxyl groups is 1. The second kappa shape index (κ2) is 28.2. The zero-order valence-electron chi connectivity index (χ0n) is 20.5. The number of hydrogen-bond donors (Lipinski definition) is 3. The molecule has 0 bridgehead atoms. The summed E-state index contributed by atoms with van der Waals surface area (Å²) in [4.78, 5) is 1.50. The highest BCUT2D eigenvalue weighted by Crippen LogP contribution is 2.14. The molecule has 0 radical (unpaired) electrons. The molecular weight excluding hydrogens is 380 g/mol. The molecule has 1 atom stereocenters. The van der Waals surface area contributed by atoms with Crippen LogP contribution in [0.3, 0.4) is 0 Å². The van der Waals surface area contributed by atoms with Gasteiger partial charge in [-0.1, -0.05) is 116 Å². The Labute approximate surface area is 190 Å². The molecule has 1 unspecified atom stereocenters. The first-order chi connectivity index (χ1) is 13.2. The van der Waals surface area contributed by atoms with Crippen molar-refractivity contribution in [1.82, 2.24) is 6.15 Å². The third-order valence-electron chi connectivity index (χ3n) is 6.20. The van der Waals surface area contributed by atoms with Gasteiger partial charge in [-0.3, -0.25) is 0 Å². The van der Waals surface area contributed by atoms with Crippen molar-refractivity contribution in [2.24, 2.45) is 0 Å². The zero-order valence-corrected chi connectivity index (χ0v) is 21.2. The summed E-state index contributed by atoms with van der Waals surface area (Å²) in [6.07, 6.45) is 28.2. The third-order valence-corrected chi connectivity index (χ3v) is 6.20. The smallest absolute Gasteiger partial charge is 0.0892 e. The van der Waals surface area contributed by atoms with Crippen molar-refractivity contribution < 1.29 is 22.4 Å². The molecule has 180 valence electrons. The fraction of sp³-hybridized carbons (Fsp3) is 1.00. The number of rotatable bonds is 22. The zero-order chi connectivity index (χ0) is 20.0. The highest BCUT2D eigenvalue weighted by Gasteiger charge is 2.13. The van der Waals surface area contributed by atoms with E-state index in [4.69, 9.17) is 5.11 Å². The second-order valence-corrected chi connectivity index (χ2v) is 9.09. The lowest BCUT2D eigenvalue weighted by Gasteiger charge is -2.20. The monoisotopic (exact) mass is 436 g/mol. The van der Waals surface area contributed by atoms with Crippen LogP contribution in [0.4, 0.5) is 0 Å². The van der Waals surface area contributed by atoms with Crippen LogP contribution in [-0.4, -0.2) is 31.9 Å². The molecule has 0 aliphatic heterocycles. The van der Waals surface area contributed by atoms with Crippen molar-refractivity contribution >= 4 is 0 Å². The predicted octanol–water partition coefficient (Wildman–Crippen LogP) is 3.48. The van der Waals surface area contributed by atoms with Gasteiger partial charge in [-0.15, -0.1) is 0 Å². The van der Waals surface area contributed by atoms with Crippen LogP contribution in [0.5, 0.6) is 0 Å². The Kier molecular flexibility index (Phi) is 32.8. The lowest BCUT2D eigenvalue weighted by atomic mass is 10.0. The van der Waals surface area contributed by atoms with Crippen LogP contribution >= 0.6 is 0 Å². The molecule has 0 aliphatic rings. The minimum absolute atomic E-state index is 0. The Hall–Kier alpha value is 0.170. The maximum Gasteiger partial charge on any atom is 0.0892 e. The van der Waals surface area contributed by atoms with Gasteiger partial charge >= 0.3 is 0 Å². The number of nitrogens with one attached hydrogen (secondary N) is 1. The Bertz CT molecular complexity index is 278. The molecule has 0 rings (SSSR count). The number of unbranched alkanes of at least 4 members (excludes halogenated alkanes) is 17. The quantitative estimate of drug-likeness (QED) is 0.227. The van der Waals surface area contributed by atoms with Crippen molar-refractivity contribution in [1.29, 1.82) is 0 Å². The fourth-order valence-corrected chi connectivity index (χ4v) is 4.17. The van der Waals surface area contributed by atoms with Crippen LogP contribution in [-0.2, 0) is 0 Å². The minimum atomic E-state index is 0. The topological polar surface area (TPSA) is 59.7 Å². The standard InChI is InChI=1S/C25H53NO.ClH.H3N/c1-4-5-6-7-8-9-10-11-12-13-14-15-16-17-18-19-20-21-22-25(23-24-27)26(2)3;;/h25,27H,4-24H2,1-3H3;1H;1H3. The molecule has 0 spiro atoms. The number of hydrogen-bond acceptors (Lipinski definition) is 2. The van der Waals surface area contributed by atoms with Crippen molar-refractivity contribution in [2.45, 2.75) is 141 Å². The summed E-state index contributed by atoms with van der Waals surface area (Å²) in [7, 11) is 4.43. The molecule has 0 aromatic rings. The molecule has 5 N–H and O–H groups in total. The van der Waals surface area contributed by atoms with E-state index in [-0.39, 0.29) is 18.6 Å². The molecule has 4 heteroatoms. The van der Waals surface area contributed by atoms with Gasteiger partial charge in [0.25, 0.3) is 0 Å². The van der Waals surface area contributed by atoms with Crippen LogP contribution in [0.1, 0.15) is 135 Å². The number of halogens is 1. The Morgan fingerprint density at radius 2 is 0.862 bits per heavy atom. The number of quaternary nitrogens is 1. The van der Waals surface area contributed by atoms with E-state index in [2.05, 4.69) is 21.0 Å². The van der Waals surface area contributed by atoms with Gasteiger partial charge in [0.15, 0.2) is 0 Å². The Morgan fingerprint density at radius 1 is 0.552 bits per heavy atom. The molecule has 0 aromatic heterocycles. The normalized spacial score (nSPS) is 11.9. The first-order valence-corrected chi connectivity index (χ1v) is 12.6. The summed E-state index contributed by atoms with van der Waals surface area (Å²) in [5.41, 5.74) is 0. The van der Waals surface area contributed by atoms with Crippen LogP contribution < -0.4 is 23.5 Å². The summed E-state index contributed by atoms with van der Waals surface area (Å²) >= 11 is 0. The van der Waals surface area contributed by atoms with Gasteiger partial charge in [0.2, 0.25) is 0 Å². The van der Waals surface area contributed by atoms with Gasteiger partial charge in [-0.05, 0) is 12.8 Å². The largest absolute Gasteiger partial charge is 1.00 e. The molecule has 29 heavy (non-hydrogen) atoms. The van der Waals surface area contributed by atoms with E-state index in [0.717, 1.165) is 6.42 Å². The lowest BCUT2D eigenvalue weighted by Crippen LogP contribution is -3.10. The van der Waals surface area contributed by atoms with Crippen molar-refractivity contribution in [3.05, 3.63) is 0 Å². The van der Waals surface area contributed by atoms with E-state index in [9.17, 15) is 0 Å². The number of aliphatic hydroxyl groups excluding tert-OH is 1. The second-order valence-electron chi connectivity index (χ2n) is 9.09. The Morgan fingerprint density at radius 3 is 1.14 bits per heavy atom. The molecule has 0 aliphatic carbocycles. The van der Waals surface area contributed by atoms with Crippen molar-refractivity contribution in [2.75, 3.05) is 20.7 Å². The third kappa shape index (κ3) is 26.1. The van der Waals surface area contributed by atoms with Crippen LogP contribution in [0.25, 0.3) is 0 Å². The fourth-order valence-electron chi connectivity index (χ4n) is 4.17. The van der Waals surface area contributed by atoms with Gasteiger partial charge < -0.3 is 28.6 Å². The molecule has 0 heterocycles. The van der Waals surface area contributed by atoms with Gasteiger partial charge in [-0.25, -0.2) is 0 Å². The first kappa shape index (κ1) is 33.8. The van der Waals surface area contributed by atoms with E-state index in [1.807, 2.05) is 0 Å². The van der Waals surface area contributed by atoms with E-state index >= 15 is 0 Å². The molecule has 0 amide bonds. The van der Waals surface area contributed by atoms with E-state index < -0.39 is 0 Å². The van der Waals surface area contributed by atoms with Crippen LogP contribution in [0, 0.1) is 0 Å². The molecule has 0 aromatic carbocycles. The molecular formula is C25H57ClN2O. The van der Waals surface area contributed by atoms with Crippen LogP contribution in [0.15, 0.2) is 0 Å². The van der Waals surface area contributed by atoms with E-state index in [1.54, 1.807) is 0 Å². The van der Waals surface area contributed by atoms with E-state index in [1.165, 1.54) is 127 Å². The van der Waals surface area contributed by atoms with Crippen molar-refractivity contribution in [3.8, 4) is 0 Å². The van der Waals surface area contributed by atoms with Crippen LogP contribution in [0.2, 0.25) is 0 Å². The lowest BCUT2D eigenvalue weighted by molar-refractivity contribution is -0.886. The molecule has 3 nitrogen and oxygen atoms in total. The van der Waals surface area contributed by atoms with Gasteiger partial charge in [0.05, 0.1) is 20.1 Å². The predicted molar refractivity (Wildman–Crippen MR) is 127 cm³/mol. The van der Waals surface area contributed by atoms with Gasteiger partial charge in [-0.2, -0.15) is 0 Å². The average molecular weight is 437 g/mol. The maximum atomic E-state index is 9.12. The SMILES string of the molecule is CCCCCCCCCCCCCCCCCCCCC(CCO)[NH+](C)C.N.[Cl-]. The molecule has 0 saturated carbocycles. The minimum Gasteiger partial charge on any atom is -1.00 e. The Balaban J connectivity index is -0.00000338. The summed E-state index contributed by atoms with van der Waals surface area (Å²) in [5.74, 6) is 0. The summed E-state index contributed by atoms with van der Waals surface area (Å²) in [5, 5.41) is 9.12. The molecule has 0 saturated heterocycles. The van der Waals surface area contributed by atoms with Gasteiger partial charge in [0, 0.05) is 13.0 Å². The first-order valence-electron chi connectivity index (χ1n) is 12.6. The van der Waals surface area contributed by atoms with E-state index in [0.29, 0.717) is 12.6 Å². The molecule has 0 fully saturated rings. The highest BCUT2D eigenvalue weighted by atomic mass is 35.5. The summed E-state index contributed by atoms with van der Waals surface area (Å²) in [6.45, 7) is 2.64. The van der Waals surface area contributed by atoms with Crippen molar-refractivity contribution in [3.63, 3.8) is 0 Å². The summed E-state index contributed by atoms with van der Waals surface area (Å²) < 4.78 is 0. The summed E-state index contributed by atoms with van der Waals surface area (Å²) in [6, 6.07) is 0.649. The highest BCUT2D eigenvalue weighted by molar-refractivity contribution is 4.56.